The van der Waals surface area contributed by atoms with Crippen LogP contribution in [0.3, 0.4) is 0 Å². The highest BCUT2D eigenvalue weighted by Gasteiger charge is 2.34. The fraction of sp³-hybridized carbons (Fsp3) is 1.00. The summed E-state index contributed by atoms with van der Waals surface area (Å²) < 4.78 is 0. The van der Waals surface area contributed by atoms with Crippen LogP contribution in [0.25, 0.3) is 10.4 Å². The van der Waals surface area contributed by atoms with Crippen molar-refractivity contribution in [2.24, 2.45) is 28.8 Å². The monoisotopic (exact) mass is 207 g/mol. The van der Waals surface area contributed by atoms with Gasteiger partial charge in [-0.05, 0) is 54.9 Å². The Morgan fingerprint density at radius 2 is 2.00 bits per heavy atom. The quantitative estimate of drug-likeness (QED) is 0.357. The molecule has 0 aromatic rings. The van der Waals surface area contributed by atoms with E-state index in [0.717, 1.165) is 17.8 Å². The molecule has 2 saturated carbocycles. The second-order valence-electron chi connectivity index (χ2n) is 5.64. The summed E-state index contributed by atoms with van der Waals surface area (Å²) in [5, 5.41) is 3.64. The normalized spacial score (nSPS) is 31.5. The average Bonchev–Trinajstić information content (AvgIpc) is 2.95. The van der Waals surface area contributed by atoms with Gasteiger partial charge in [-0.15, -0.1) is 0 Å². The second kappa shape index (κ2) is 4.89. The number of nitrogens with zero attached hydrogens (tertiary/aromatic N) is 3. The third kappa shape index (κ3) is 3.42. The lowest BCUT2D eigenvalue weighted by Crippen LogP contribution is -2.26. The number of hydrogen-bond acceptors (Lipinski definition) is 1. The fourth-order valence-electron chi connectivity index (χ4n) is 2.90. The number of hydrogen-bond donors (Lipinski definition) is 0. The van der Waals surface area contributed by atoms with Gasteiger partial charge in [0.05, 0.1) is 0 Å². The van der Waals surface area contributed by atoms with E-state index in [1.807, 2.05) is 0 Å². The van der Waals surface area contributed by atoms with E-state index in [9.17, 15) is 0 Å². The van der Waals surface area contributed by atoms with Crippen LogP contribution in [0.1, 0.15) is 45.4 Å². The fourth-order valence-corrected chi connectivity index (χ4v) is 2.90. The van der Waals surface area contributed by atoms with Crippen LogP contribution in [-0.4, -0.2) is 6.54 Å². The summed E-state index contributed by atoms with van der Waals surface area (Å²) in [5.74, 6) is 3.64. The summed E-state index contributed by atoms with van der Waals surface area (Å²) in [7, 11) is 0. The van der Waals surface area contributed by atoms with Crippen LogP contribution in [0.4, 0.5) is 0 Å². The molecule has 0 heterocycles. The molecule has 0 aliphatic heterocycles. The van der Waals surface area contributed by atoms with E-state index in [-0.39, 0.29) is 0 Å². The molecule has 3 heteroatoms. The Bertz CT molecular complexity index is 248. The van der Waals surface area contributed by atoms with E-state index in [1.54, 1.807) is 0 Å². The Balaban J connectivity index is 1.55. The highest BCUT2D eigenvalue weighted by molar-refractivity contribution is 4.86. The molecule has 0 aromatic carbocycles. The first-order valence-corrected chi connectivity index (χ1v) is 6.28. The molecule has 0 bridgehead atoms. The van der Waals surface area contributed by atoms with Crippen LogP contribution in [0.5, 0.6) is 0 Å². The molecule has 2 rings (SSSR count). The standard InChI is InChI=1S/C12H21N3/c1-9(8-14-15-13)4-11-6-12(7-11)5-10-2-3-10/h9-12H,2-8H2,1H3. The molecule has 84 valence electrons. The second-order valence-corrected chi connectivity index (χ2v) is 5.64. The van der Waals surface area contributed by atoms with Crippen molar-refractivity contribution < 1.29 is 0 Å². The summed E-state index contributed by atoms with van der Waals surface area (Å²) in [6.45, 7) is 2.88. The Morgan fingerprint density at radius 3 is 2.60 bits per heavy atom. The van der Waals surface area contributed by atoms with Crippen LogP contribution in [-0.2, 0) is 0 Å². The maximum atomic E-state index is 8.23. The first-order chi connectivity index (χ1) is 7.28. The summed E-state index contributed by atoms with van der Waals surface area (Å²) >= 11 is 0. The van der Waals surface area contributed by atoms with Gasteiger partial charge in [0.25, 0.3) is 0 Å². The molecule has 0 N–H and O–H groups in total. The first kappa shape index (κ1) is 10.8. The van der Waals surface area contributed by atoms with Gasteiger partial charge in [-0.3, -0.25) is 0 Å². The van der Waals surface area contributed by atoms with E-state index >= 15 is 0 Å². The van der Waals surface area contributed by atoms with Crippen molar-refractivity contribution in [3.8, 4) is 0 Å². The van der Waals surface area contributed by atoms with E-state index < -0.39 is 0 Å². The SMILES string of the molecule is CC(CN=[N+]=[N-])CC1CC(CC2CC2)C1. The lowest BCUT2D eigenvalue weighted by Gasteiger charge is -2.37. The van der Waals surface area contributed by atoms with Crippen molar-refractivity contribution in [3.05, 3.63) is 10.4 Å². The molecule has 0 radical (unpaired) electrons. The molecule has 0 saturated heterocycles. The van der Waals surface area contributed by atoms with Gasteiger partial charge in [-0.1, -0.05) is 24.9 Å². The summed E-state index contributed by atoms with van der Waals surface area (Å²) in [6, 6.07) is 0. The Kier molecular flexibility index (Phi) is 3.53. The number of rotatable bonds is 6. The van der Waals surface area contributed by atoms with Gasteiger partial charge < -0.3 is 0 Å². The third-order valence-corrected chi connectivity index (χ3v) is 3.89. The zero-order chi connectivity index (χ0) is 10.7. The van der Waals surface area contributed by atoms with Crippen molar-refractivity contribution >= 4 is 0 Å². The molecule has 0 spiro atoms. The molecule has 1 unspecified atom stereocenters. The highest BCUT2D eigenvalue weighted by atomic mass is 15.1. The lowest BCUT2D eigenvalue weighted by atomic mass is 9.69. The Hall–Kier alpha value is -0.690. The molecule has 2 fully saturated rings. The van der Waals surface area contributed by atoms with Crippen molar-refractivity contribution in [1.82, 2.24) is 0 Å². The predicted octanol–water partition coefficient (Wildman–Crippen LogP) is 4.15. The van der Waals surface area contributed by atoms with Gasteiger partial charge >= 0.3 is 0 Å². The topological polar surface area (TPSA) is 48.8 Å². The average molecular weight is 207 g/mol. The van der Waals surface area contributed by atoms with Crippen molar-refractivity contribution in [1.29, 1.82) is 0 Å². The number of azide groups is 1. The maximum Gasteiger partial charge on any atom is 0.0283 e. The zero-order valence-corrected chi connectivity index (χ0v) is 9.60. The molecule has 3 nitrogen and oxygen atoms in total. The van der Waals surface area contributed by atoms with Crippen LogP contribution >= 0.6 is 0 Å². The van der Waals surface area contributed by atoms with Gasteiger partial charge in [0.2, 0.25) is 0 Å². The predicted molar refractivity (Wildman–Crippen MR) is 61.3 cm³/mol. The minimum atomic E-state index is 0.577. The van der Waals surface area contributed by atoms with Gasteiger partial charge in [-0.25, -0.2) is 0 Å². The molecular formula is C12H21N3. The van der Waals surface area contributed by atoms with Gasteiger partial charge in [-0.2, -0.15) is 0 Å². The van der Waals surface area contributed by atoms with E-state index in [4.69, 9.17) is 5.53 Å². The van der Waals surface area contributed by atoms with Crippen molar-refractivity contribution in [2.75, 3.05) is 6.54 Å². The minimum absolute atomic E-state index is 0.577. The molecule has 1 atom stereocenters. The van der Waals surface area contributed by atoms with E-state index in [0.29, 0.717) is 12.5 Å². The molecule has 0 amide bonds. The largest absolute Gasteiger partial charge is 0.0937 e. The lowest BCUT2D eigenvalue weighted by molar-refractivity contribution is 0.148. The third-order valence-electron chi connectivity index (χ3n) is 3.89. The maximum absolute atomic E-state index is 8.23. The van der Waals surface area contributed by atoms with Crippen molar-refractivity contribution in [3.63, 3.8) is 0 Å². The van der Waals surface area contributed by atoms with Crippen LogP contribution in [0, 0.1) is 23.7 Å². The van der Waals surface area contributed by atoms with Gasteiger partial charge in [0.1, 0.15) is 0 Å². The minimum Gasteiger partial charge on any atom is -0.0937 e. The van der Waals surface area contributed by atoms with Crippen LogP contribution in [0.15, 0.2) is 5.11 Å². The first-order valence-electron chi connectivity index (χ1n) is 6.28. The van der Waals surface area contributed by atoms with Crippen LogP contribution in [0.2, 0.25) is 0 Å². The molecule has 2 aliphatic carbocycles. The van der Waals surface area contributed by atoms with E-state index in [2.05, 4.69) is 16.9 Å². The van der Waals surface area contributed by atoms with Gasteiger partial charge in [0.15, 0.2) is 0 Å². The molecule has 15 heavy (non-hydrogen) atoms. The summed E-state index contributed by atoms with van der Waals surface area (Å²) in [6.07, 6.45) is 8.64. The Labute approximate surface area is 91.9 Å². The highest BCUT2D eigenvalue weighted by Crippen LogP contribution is 2.46. The Morgan fingerprint density at radius 1 is 1.27 bits per heavy atom. The molecule has 0 aromatic heterocycles. The summed E-state index contributed by atoms with van der Waals surface area (Å²) in [5.41, 5.74) is 8.23. The van der Waals surface area contributed by atoms with E-state index in [1.165, 1.54) is 38.5 Å². The smallest absolute Gasteiger partial charge is 0.0283 e. The van der Waals surface area contributed by atoms with Crippen molar-refractivity contribution in [2.45, 2.75) is 45.4 Å². The van der Waals surface area contributed by atoms with Gasteiger partial charge in [0, 0.05) is 11.5 Å². The van der Waals surface area contributed by atoms with Crippen LogP contribution < -0.4 is 0 Å². The summed E-state index contributed by atoms with van der Waals surface area (Å²) in [4.78, 5) is 2.81. The molecular weight excluding hydrogens is 186 g/mol. The zero-order valence-electron chi connectivity index (χ0n) is 9.60. The molecule has 2 aliphatic rings.